The molecule has 0 N–H and O–H groups in total. The summed E-state index contributed by atoms with van der Waals surface area (Å²) in [4.78, 5) is 18.5. The van der Waals surface area contributed by atoms with E-state index in [0.717, 1.165) is 38.9 Å². The van der Waals surface area contributed by atoms with E-state index in [-0.39, 0.29) is 12.4 Å². The highest BCUT2D eigenvalue weighted by Crippen LogP contribution is 2.33. The van der Waals surface area contributed by atoms with Crippen molar-refractivity contribution in [2.24, 2.45) is 5.10 Å². The molecule has 204 valence electrons. The van der Waals surface area contributed by atoms with Crippen molar-refractivity contribution in [1.82, 2.24) is 14.2 Å². The number of hydrogen-bond acceptors (Lipinski definition) is 6. The fraction of sp³-hybridized carbons (Fsp3) is 0.0606. The molecule has 0 unspecified atom stereocenters. The summed E-state index contributed by atoms with van der Waals surface area (Å²) in [6, 6.07) is 28.4. The number of halogens is 1. The fourth-order valence-corrected chi connectivity index (χ4v) is 5.56. The summed E-state index contributed by atoms with van der Waals surface area (Å²) >= 11 is 6.20. The molecule has 8 rings (SSSR count). The second-order valence-corrected chi connectivity index (χ2v) is 10.5. The Balaban J connectivity index is 1.25. The van der Waals surface area contributed by atoms with Crippen molar-refractivity contribution >= 4 is 50.6 Å². The molecule has 4 heterocycles. The third kappa shape index (κ3) is 4.12. The van der Waals surface area contributed by atoms with E-state index in [9.17, 15) is 4.79 Å². The minimum atomic E-state index is -0.297. The van der Waals surface area contributed by atoms with Crippen molar-refractivity contribution < 1.29 is 13.9 Å². The summed E-state index contributed by atoms with van der Waals surface area (Å²) in [5.41, 5.74) is 3.87. The number of fused-ring (bicyclic) bond motifs is 4. The van der Waals surface area contributed by atoms with Gasteiger partial charge in [0.1, 0.15) is 5.58 Å². The molecule has 0 amide bonds. The zero-order valence-electron chi connectivity index (χ0n) is 22.0. The second-order valence-electron chi connectivity index (χ2n) is 10.0. The van der Waals surface area contributed by atoms with E-state index in [4.69, 9.17) is 30.5 Å². The highest BCUT2D eigenvalue weighted by molar-refractivity contribution is 6.31. The van der Waals surface area contributed by atoms with E-state index in [1.807, 2.05) is 66.9 Å². The summed E-state index contributed by atoms with van der Waals surface area (Å²) in [6.45, 7) is 0.855. The van der Waals surface area contributed by atoms with Crippen molar-refractivity contribution in [2.75, 3.05) is 6.79 Å². The molecule has 1 aliphatic heterocycles. The van der Waals surface area contributed by atoms with Crippen LogP contribution in [0.2, 0.25) is 5.02 Å². The molecular formula is C33H21ClN4O4. The predicted molar refractivity (Wildman–Crippen MR) is 163 cm³/mol. The molecule has 3 aromatic heterocycles. The molecule has 0 saturated carbocycles. The van der Waals surface area contributed by atoms with E-state index < -0.39 is 0 Å². The molecule has 0 aliphatic carbocycles. The predicted octanol–water partition coefficient (Wildman–Crippen LogP) is 7.08. The summed E-state index contributed by atoms with van der Waals surface area (Å²) in [5.74, 6) is 2.21. The molecule has 0 atom stereocenters. The van der Waals surface area contributed by atoms with Crippen LogP contribution in [-0.4, -0.2) is 27.2 Å². The Hall–Kier alpha value is -5.34. The Morgan fingerprint density at radius 2 is 1.74 bits per heavy atom. The van der Waals surface area contributed by atoms with Crippen LogP contribution in [-0.2, 0) is 6.54 Å². The Morgan fingerprint density at radius 1 is 0.905 bits per heavy atom. The van der Waals surface area contributed by atoms with Crippen LogP contribution < -0.4 is 15.0 Å². The van der Waals surface area contributed by atoms with Crippen molar-refractivity contribution in [1.29, 1.82) is 0 Å². The van der Waals surface area contributed by atoms with E-state index in [0.29, 0.717) is 39.6 Å². The standard InChI is InChI=1S/C33H21ClN4O4/c34-23-10-12-28-21(14-23)15-31(42-28)32-36-26-7-3-1-6-25(26)33(39)38(32)35-16-22-18-37(27-8-4-2-5-24(22)27)17-20-9-11-29-30(13-20)41-19-40-29/h1-16,18H,17,19H2. The van der Waals surface area contributed by atoms with Crippen LogP contribution in [0.25, 0.3) is 44.4 Å². The SMILES string of the molecule is O=c1c2ccccc2nc(-c2cc3cc(Cl)ccc3o2)n1N=Cc1cn(Cc2ccc3c(c2)OCO3)c2ccccc12. The minimum absolute atomic E-state index is 0.235. The van der Waals surface area contributed by atoms with Crippen molar-refractivity contribution in [3.63, 3.8) is 0 Å². The van der Waals surface area contributed by atoms with Crippen molar-refractivity contribution in [2.45, 2.75) is 6.54 Å². The monoisotopic (exact) mass is 572 g/mol. The van der Waals surface area contributed by atoms with Crippen molar-refractivity contribution in [3.8, 4) is 23.1 Å². The maximum atomic E-state index is 13.7. The van der Waals surface area contributed by atoms with Crippen LogP contribution in [0.3, 0.4) is 0 Å². The Kier molecular flexibility index (Phi) is 5.61. The average Bonchev–Trinajstić information content (AvgIpc) is 3.74. The second kappa shape index (κ2) is 9.64. The van der Waals surface area contributed by atoms with Crippen LogP contribution >= 0.6 is 11.6 Å². The van der Waals surface area contributed by atoms with Gasteiger partial charge in [0.05, 0.1) is 17.1 Å². The molecular weight excluding hydrogens is 552 g/mol. The Labute approximate surface area is 243 Å². The lowest BCUT2D eigenvalue weighted by molar-refractivity contribution is 0.174. The van der Waals surface area contributed by atoms with E-state index in [2.05, 4.69) is 15.7 Å². The summed E-state index contributed by atoms with van der Waals surface area (Å²) in [7, 11) is 0. The van der Waals surface area contributed by atoms with E-state index >= 15 is 0 Å². The van der Waals surface area contributed by atoms with Gasteiger partial charge in [-0.25, -0.2) is 4.98 Å². The zero-order chi connectivity index (χ0) is 28.2. The van der Waals surface area contributed by atoms with Gasteiger partial charge in [-0.2, -0.15) is 9.78 Å². The van der Waals surface area contributed by atoms with Gasteiger partial charge in [0.15, 0.2) is 17.3 Å². The average molecular weight is 573 g/mol. The number of rotatable bonds is 5. The first-order chi connectivity index (χ1) is 20.6. The lowest BCUT2D eigenvalue weighted by atomic mass is 10.2. The summed E-state index contributed by atoms with van der Waals surface area (Å²) in [6.07, 6.45) is 3.72. The Bertz CT molecular complexity index is 2260. The molecule has 0 bridgehead atoms. The normalized spacial score (nSPS) is 12.8. The van der Waals surface area contributed by atoms with Crippen LogP contribution in [0.4, 0.5) is 0 Å². The lowest BCUT2D eigenvalue weighted by Gasteiger charge is -2.07. The molecule has 42 heavy (non-hydrogen) atoms. The van der Waals surface area contributed by atoms with Gasteiger partial charge in [-0.1, -0.05) is 48.0 Å². The number of para-hydroxylation sites is 2. The zero-order valence-corrected chi connectivity index (χ0v) is 22.8. The molecule has 0 radical (unpaired) electrons. The number of aromatic nitrogens is 3. The molecule has 0 spiro atoms. The van der Waals surface area contributed by atoms with Crippen molar-refractivity contribution in [3.05, 3.63) is 124 Å². The van der Waals surface area contributed by atoms with E-state index in [1.165, 1.54) is 4.68 Å². The number of ether oxygens (including phenoxy) is 2. The first-order valence-electron chi connectivity index (χ1n) is 13.3. The topological polar surface area (TPSA) is 83.8 Å². The van der Waals surface area contributed by atoms with Gasteiger partial charge in [-0.15, -0.1) is 0 Å². The number of hydrogen-bond donors (Lipinski definition) is 0. The van der Waals surface area contributed by atoms with Crippen LogP contribution in [0.5, 0.6) is 11.5 Å². The van der Waals surface area contributed by atoms with Gasteiger partial charge in [0, 0.05) is 39.6 Å². The molecule has 7 aromatic rings. The molecule has 4 aromatic carbocycles. The van der Waals surface area contributed by atoms with Gasteiger partial charge in [0.2, 0.25) is 12.6 Å². The van der Waals surface area contributed by atoms with Gasteiger partial charge in [-0.05, 0) is 60.2 Å². The lowest BCUT2D eigenvalue weighted by Crippen LogP contribution is -2.20. The van der Waals surface area contributed by atoms with Crippen LogP contribution in [0.15, 0.2) is 112 Å². The maximum Gasteiger partial charge on any atom is 0.282 e. The largest absolute Gasteiger partial charge is 0.454 e. The Morgan fingerprint density at radius 3 is 2.67 bits per heavy atom. The van der Waals surface area contributed by atoms with Gasteiger partial charge < -0.3 is 18.5 Å². The fourth-order valence-electron chi connectivity index (χ4n) is 5.38. The first-order valence-corrected chi connectivity index (χ1v) is 13.7. The highest BCUT2D eigenvalue weighted by atomic mass is 35.5. The highest BCUT2D eigenvalue weighted by Gasteiger charge is 2.18. The number of furan rings is 1. The molecule has 9 heteroatoms. The van der Waals surface area contributed by atoms with Gasteiger partial charge in [-0.3, -0.25) is 4.79 Å². The molecule has 0 fully saturated rings. The molecule has 8 nitrogen and oxygen atoms in total. The van der Waals surface area contributed by atoms with Gasteiger partial charge >= 0.3 is 0 Å². The summed E-state index contributed by atoms with van der Waals surface area (Å²) in [5, 5.41) is 7.55. The maximum absolute atomic E-state index is 13.7. The third-order valence-electron chi connectivity index (χ3n) is 7.37. The minimum Gasteiger partial charge on any atom is -0.454 e. The first kappa shape index (κ1) is 24.5. The van der Waals surface area contributed by atoms with Gasteiger partial charge in [0.25, 0.3) is 5.56 Å². The van der Waals surface area contributed by atoms with Crippen LogP contribution in [0, 0.1) is 0 Å². The quantitative estimate of drug-likeness (QED) is 0.206. The summed E-state index contributed by atoms with van der Waals surface area (Å²) < 4.78 is 20.6. The molecule has 1 aliphatic rings. The third-order valence-corrected chi connectivity index (χ3v) is 7.61. The molecule has 0 saturated heterocycles. The van der Waals surface area contributed by atoms with E-state index in [1.54, 1.807) is 30.5 Å². The number of benzene rings is 4. The van der Waals surface area contributed by atoms with Crippen LogP contribution in [0.1, 0.15) is 11.1 Å². The smallest absolute Gasteiger partial charge is 0.282 e. The number of nitrogens with zero attached hydrogens (tertiary/aromatic N) is 4.